The summed E-state index contributed by atoms with van der Waals surface area (Å²) in [6, 6.07) is 0. The molecule has 5 heteroatoms. The number of nitrogens with zero attached hydrogens (tertiary/aromatic N) is 1. The Morgan fingerprint density at radius 3 is 2.88 bits per heavy atom. The van der Waals surface area contributed by atoms with E-state index in [2.05, 4.69) is 15.7 Å². The Balaban J connectivity index is 1.89. The molecule has 0 atom stereocenters. The first-order chi connectivity index (χ1) is 8.18. The van der Waals surface area contributed by atoms with Gasteiger partial charge in [0.05, 0.1) is 10.7 Å². The molecule has 96 valence electrons. The molecule has 1 aromatic heterocycles. The van der Waals surface area contributed by atoms with Crippen molar-refractivity contribution in [3.05, 3.63) is 16.1 Å². The molecule has 0 radical (unpaired) electrons. The van der Waals surface area contributed by atoms with Gasteiger partial charge in [-0.25, -0.2) is 4.98 Å². The minimum atomic E-state index is -0.697. The Morgan fingerprint density at radius 2 is 2.24 bits per heavy atom. The van der Waals surface area contributed by atoms with Gasteiger partial charge < -0.3 is 10.4 Å². The molecular weight excluding hydrogens is 236 g/mol. The maximum Gasteiger partial charge on any atom is 0.303 e. The molecule has 0 amide bonds. The topological polar surface area (TPSA) is 62.2 Å². The summed E-state index contributed by atoms with van der Waals surface area (Å²) in [4.78, 5) is 14.7. The van der Waals surface area contributed by atoms with E-state index in [0.29, 0.717) is 0 Å². The summed E-state index contributed by atoms with van der Waals surface area (Å²) in [5, 5.41) is 15.0. The molecule has 0 fully saturated rings. The maximum atomic E-state index is 10.3. The van der Waals surface area contributed by atoms with Crippen LogP contribution in [-0.4, -0.2) is 29.1 Å². The second-order valence-electron chi connectivity index (χ2n) is 4.06. The van der Waals surface area contributed by atoms with E-state index in [-0.39, 0.29) is 6.42 Å². The van der Waals surface area contributed by atoms with Gasteiger partial charge in [0.25, 0.3) is 0 Å². The molecule has 0 saturated heterocycles. The summed E-state index contributed by atoms with van der Waals surface area (Å²) in [6.07, 6.45) is 4.07. The lowest BCUT2D eigenvalue weighted by atomic mass is 10.2. The van der Waals surface area contributed by atoms with Crippen LogP contribution in [0.4, 0.5) is 0 Å². The van der Waals surface area contributed by atoms with Crippen LogP contribution in [0.1, 0.15) is 36.4 Å². The number of carboxylic acids is 1. The number of aromatic nitrogens is 1. The Bertz CT molecular complexity index is 339. The Morgan fingerprint density at radius 1 is 1.41 bits per heavy atom. The van der Waals surface area contributed by atoms with Crippen LogP contribution in [0, 0.1) is 6.92 Å². The van der Waals surface area contributed by atoms with Crippen LogP contribution >= 0.6 is 11.3 Å². The molecule has 0 bridgehead atoms. The second-order valence-corrected chi connectivity index (χ2v) is 5.12. The van der Waals surface area contributed by atoms with E-state index in [4.69, 9.17) is 5.11 Å². The van der Waals surface area contributed by atoms with Crippen LogP contribution in [0.15, 0.2) is 5.38 Å². The number of hydrogen-bond acceptors (Lipinski definition) is 4. The number of rotatable bonds is 9. The van der Waals surface area contributed by atoms with Gasteiger partial charge in [0.2, 0.25) is 0 Å². The quantitative estimate of drug-likeness (QED) is 0.665. The number of aryl methyl sites for hydroxylation is 1. The van der Waals surface area contributed by atoms with Crippen LogP contribution in [0.2, 0.25) is 0 Å². The van der Waals surface area contributed by atoms with Crippen molar-refractivity contribution in [2.24, 2.45) is 0 Å². The lowest BCUT2D eigenvalue weighted by Crippen LogP contribution is -2.18. The maximum absolute atomic E-state index is 10.3. The summed E-state index contributed by atoms with van der Waals surface area (Å²) >= 11 is 1.69. The van der Waals surface area contributed by atoms with Crippen molar-refractivity contribution in [1.29, 1.82) is 0 Å². The predicted octanol–water partition coefficient (Wildman–Crippen LogP) is 2.23. The van der Waals surface area contributed by atoms with Crippen LogP contribution in [0.5, 0.6) is 0 Å². The molecule has 1 aromatic rings. The van der Waals surface area contributed by atoms with Gasteiger partial charge in [-0.1, -0.05) is 6.42 Å². The van der Waals surface area contributed by atoms with Gasteiger partial charge in [0.1, 0.15) is 0 Å². The molecule has 0 saturated carbocycles. The number of carbonyl (C=O) groups is 1. The lowest BCUT2D eigenvalue weighted by Gasteiger charge is -2.02. The molecule has 0 aliphatic carbocycles. The average molecular weight is 256 g/mol. The minimum absolute atomic E-state index is 0.290. The van der Waals surface area contributed by atoms with Crippen molar-refractivity contribution in [2.75, 3.05) is 13.1 Å². The molecule has 0 aromatic carbocycles. The molecule has 2 N–H and O–H groups in total. The van der Waals surface area contributed by atoms with Crippen molar-refractivity contribution >= 4 is 17.3 Å². The standard InChI is InChI=1S/C12H20N2O2S/c1-10-14-11(9-17-10)6-8-13-7-4-2-3-5-12(15)16/h9,13H,2-8H2,1H3,(H,15,16). The highest BCUT2D eigenvalue weighted by Crippen LogP contribution is 2.07. The van der Waals surface area contributed by atoms with E-state index in [1.165, 1.54) is 0 Å². The summed E-state index contributed by atoms with van der Waals surface area (Å²) in [7, 11) is 0. The minimum Gasteiger partial charge on any atom is -0.481 e. The Kier molecular flexibility index (Phi) is 6.81. The smallest absolute Gasteiger partial charge is 0.303 e. The highest BCUT2D eigenvalue weighted by Gasteiger charge is 1.98. The Hall–Kier alpha value is -0.940. The Labute approximate surface area is 106 Å². The number of aliphatic carboxylic acids is 1. The summed E-state index contributed by atoms with van der Waals surface area (Å²) in [6.45, 7) is 3.93. The van der Waals surface area contributed by atoms with Gasteiger partial charge >= 0.3 is 5.97 Å². The van der Waals surface area contributed by atoms with Crippen LogP contribution in [-0.2, 0) is 11.2 Å². The largest absolute Gasteiger partial charge is 0.481 e. The van der Waals surface area contributed by atoms with Crippen LogP contribution in [0.3, 0.4) is 0 Å². The zero-order chi connectivity index (χ0) is 12.5. The third-order valence-corrected chi connectivity index (χ3v) is 3.29. The first-order valence-electron chi connectivity index (χ1n) is 6.02. The van der Waals surface area contributed by atoms with Gasteiger partial charge in [0.15, 0.2) is 0 Å². The van der Waals surface area contributed by atoms with E-state index in [1.807, 2.05) is 6.92 Å². The molecule has 0 spiro atoms. The molecular formula is C12H20N2O2S. The fourth-order valence-corrected chi connectivity index (χ4v) is 2.21. The molecule has 1 heterocycles. The van der Waals surface area contributed by atoms with E-state index < -0.39 is 5.97 Å². The molecule has 0 unspecified atom stereocenters. The molecule has 17 heavy (non-hydrogen) atoms. The summed E-state index contributed by atoms with van der Waals surface area (Å²) in [5.74, 6) is -0.697. The van der Waals surface area contributed by atoms with Crippen LogP contribution in [0.25, 0.3) is 0 Å². The van der Waals surface area contributed by atoms with Crippen molar-refractivity contribution in [2.45, 2.75) is 39.0 Å². The third kappa shape index (κ3) is 7.07. The van der Waals surface area contributed by atoms with Crippen molar-refractivity contribution in [3.63, 3.8) is 0 Å². The molecule has 4 nitrogen and oxygen atoms in total. The molecule has 1 rings (SSSR count). The molecule has 0 aliphatic heterocycles. The van der Waals surface area contributed by atoms with E-state index >= 15 is 0 Å². The predicted molar refractivity (Wildman–Crippen MR) is 69.5 cm³/mol. The lowest BCUT2D eigenvalue weighted by molar-refractivity contribution is -0.137. The van der Waals surface area contributed by atoms with Gasteiger partial charge in [-0.15, -0.1) is 11.3 Å². The number of thiazole rings is 1. The van der Waals surface area contributed by atoms with Crippen molar-refractivity contribution in [3.8, 4) is 0 Å². The van der Waals surface area contributed by atoms with Crippen LogP contribution < -0.4 is 5.32 Å². The highest BCUT2D eigenvalue weighted by molar-refractivity contribution is 7.09. The monoisotopic (exact) mass is 256 g/mol. The van der Waals surface area contributed by atoms with Gasteiger partial charge in [-0.2, -0.15) is 0 Å². The number of hydrogen-bond donors (Lipinski definition) is 2. The SMILES string of the molecule is Cc1nc(CCNCCCCCC(=O)O)cs1. The van der Waals surface area contributed by atoms with Gasteiger partial charge in [-0.3, -0.25) is 4.79 Å². The first-order valence-corrected chi connectivity index (χ1v) is 6.90. The fourth-order valence-electron chi connectivity index (χ4n) is 1.57. The zero-order valence-electron chi connectivity index (χ0n) is 10.2. The third-order valence-electron chi connectivity index (χ3n) is 2.47. The van der Waals surface area contributed by atoms with E-state index in [1.54, 1.807) is 11.3 Å². The number of unbranched alkanes of at least 4 members (excludes halogenated alkanes) is 2. The van der Waals surface area contributed by atoms with Gasteiger partial charge in [-0.05, 0) is 26.3 Å². The van der Waals surface area contributed by atoms with E-state index in [9.17, 15) is 4.79 Å². The highest BCUT2D eigenvalue weighted by atomic mass is 32.1. The average Bonchev–Trinajstić information content (AvgIpc) is 2.68. The number of carboxylic acid groups (broad SMARTS) is 1. The summed E-state index contributed by atoms with van der Waals surface area (Å²) in [5.41, 5.74) is 1.16. The second kappa shape index (κ2) is 8.20. The van der Waals surface area contributed by atoms with Crippen molar-refractivity contribution in [1.82, 2.24) is 10.3 Å². The zero-order valence-corrected chi connectivity index (χ0v) is 11.1. The fraction of sp³-hybridized carbons (Fsp3) is 0.667. The van der Waals surface area contributed by atoms with Gasteiger partial charge in [0, 0.05) is 24.8 Å². The van der Waals surface area contributed by atoms with Crippen molar-refractivity contribution < 1.29 is 9.90 Å². The normalized spacial score (nSPS) is 10.6. The molecule has 0 aliphatic rings. The van der Waals surface area contributed by atoms with E-state index in [0.717, 1.165) is 49.5 Å². The summed E-state index contributed by atoms with van der Waals surface area (Å²) < 4.78 is 0. The first kappa shape index (κ1) is 14.1. The number of nitrogens with one attached hydrogen (secondary N) is 1.